The summed E-state index contributed by atoms with van der Waals surface area (Å²) in [5.41, 5.74) is 2.88. The molecule has 0 unspecified atom stereocenters. The molecule has 0 atom stereocenters. The standard InChI is InChI=1S/C14H17FN2O/c1-4-17-12(8-11(3)16-17)9-18-14-7-10(2)5-6-13(14)15/h5-8H,4,9H2,1-3H3. The minimum absolute atomic E-state index is 0.288. The molecule has 0 aliphatic rings. The van der Waals surface area contributed by atoms with E-state index in [1.807, 2.05) is 31.5 Å². The van der Waals surface area contributed by atoms with Gasteiger partial charge in [0.2, 0.25) is 0 Å². The van der Waals surface area contributed by atoms with Gasteiger partial charge in [0.1, 0.15) is 6.61 Å². The van der Waals surface area contributed by atoms with E-state index in [4.69, 9.17) is 4.74 Å². The third-order valence-corrected chi connectivity index (χ3v) is 2.75. The molecule has 1 aromatic carbocycles. The molecule has 1 aromatic heterocycles. The third kappa shape index (κ3) is 2.70. The number of nitrogens with zero attached hydrogens (tertiary/aromatic N) is 2. The Balaban J connectivity index is 2.13. The lowest BCUT2D eigenvalue weighted by atomic mass is 10.2. The Morgan fingerprint density at radius 1 is 1.28 bits per heavy atom. The van der Waals surface area contributed by atoms with Gasteiger partial charge in [0.05, 0.1) is 11.4 Å². The average Bonchev–Trinajstić information content (AvgIpc) is 2.71. The van der Waals surface area contributed by atoms with Gasteiger partial charge in [-0.25, -0.2) is 4.39 Å². The van der Waals surface area contributed by atoms with Gasteiger partial charge in [0, 0.05) is 6.54 Å². The normalized spacial score (nSPS) is 10.7. The van der Waals surface area contributed by atoms with E-state index >= 15 is 0 Å². The van der Waals surface area contributed by atoms with Crippen molar-refractivity contribution in [2.75, 3.05) is 0 Å². The van der Waals surface area contributed by atoms with Crippen molar-refractivity contribution in [3.8, 4) is 5.75 Å². The molecule has 0 radical (unpaired) electrons. The summed E-state index contributed by atoms with van der Waals surface area (Å²) in [6.07, 6.45) is 0. The SMILES string of the molecule is CCn1nc(C)cc1COc1cc(C)ccc1F. The maximum Gasteiger partial charge on any atom is 0.165 e. The molecule has 0 fully saturated rings. The van der Waals surface area contributed by atoms with Crippen molar-refractivity contribution in [1.29, 1.82) is 0 Å². The van der Waals surface area contributed by atoms with Crippen LogP contribution >= 0.6 is 0 Å². The Labute approximate surface area is 106 Å². The third-order valence-electron chi connectivity index (χ3n) is 2.75. The van der Waals surface area contributed by atoms with Crippen LogP contribution in [0.25, 0.3) is 0 Å². The number of aromatic nitrogens is 2. The second-order valence-electron chi connectivity index (χ2n) is 4.32. The fourth-order valence-electron chi connectivity index (χ4n) is 1.86. The minimum Gasteiger partial charge on any atom is -0.484 e. The van der Waals surface area contributed by atoms with Gasteiger partial charge in [-0.05, 0) is 44.5 Å². The van der Waals surface area contributed by atoms with E-state index in [1.165, 1.54) is 6.07 Å². The van der Waals surface area contributed by atoms with E-state index in [-0.39, 0.29) is 11.6 Å². The predicted octanol–water partition coefficient (Wildman–Crippen LogP) is 3.24. The van der Waals surface area contributed by atoms with Crippen molar-refractivity contribution >= 4 is 0 Å². The summed E-state index contributed by atoms with van der Waals surface area (Å²) < 4.78 is 20.9. The monoisotopic (exact) mass is 248 g/mol. The van der Waals surface area contributed by atoms with E-state index in [1.54, 1.807) is 12.1 Å². The van der Waals surface area contributed by atoms with E-state index in [0.29, 0.717) is 6.61 Å². The van der Waals surface area contributed by atoms with Gasteiger partial charge in [-0.15, -0.1) is 0 Å². The van der Waals surface area contributed by atoms with Crippen LogP contribution in [0.1, 0.15) is 23.9 Å². The number of hydrogen-bond donors (Lipinski definition) is 0. The second kappa shape index (κ2) is 5.21. The highest BCUT2D eigenvalue weighted by atomic mass is 19.1. The van der Waals surface area contributed by atoms with Gasteiger partial charge in [0.25, 0.3) is 0 Å². The molecule has 0 saturated heterocycles. The number of rotatable bonds is 4. The van der Waals surface area contributed by atoms with Gasteiger partial charge in [-0.2, -0.15) is 5.10 Å². The molecule has 0 N–H and O–H groups in total. The zero-order chi connectivity index (χ0) is 13.1. The molecule has 0 bridgehead atoms. The molecule has 96 valence electrons. The van der Waals surface area contributed by atoms with Gasteiger partial charge >= 0.3 is 0 Å². The van der Waals surface area contributed by atoms with Crippen molar-refractivity contribution in [3.05, 3.63) is 47.0 Å². The first kappa shape index (κ1) is 12.6. The lowest BCUT2D eigenvalue weighted by Crippen LogP contribution is -2.06. The van der Waals surface area contributed by atoms with Gasteiger partial charge < -0.3 is 4.74 Å². The van der Waals surface area contributed by atoms with Crippen LogP contribution in [0, 0.1) is 19.7 Å². The Bertz CT molecular complexity index is 549. The van der Waals surface area contributed by atoms with Gasteiger partial charge in [-0.3, -0.25) is 4.68 Å². The molecule has 18 heavy (non-hydrogen) atoms. The molecule has 0 amide bonds. The van der Waals surface area contributed by atoms with Crippen LogP contribution in [0.2, 0.25) is 0 Å². The van der Waals surface area contributed by atoms with Crippen molar-refractivity contribution in [1.82, 2.24) is 9.78 Å². The minimum atomic E-state index is -0.333. The second-order valence-corrected chi connectivity index (χ2v) is 4.32. The van der Waals surface area contributed by atoms with Crippen LogP contribution < -0.4 is 4.74 Å². The molecule has 0 saturated carbocycles. The summed E-state index contributed by atoms with van der Waals surface area (Å²) in [6, 6.07) is 6.81. The molecule has 0 spiro atoms. The molecular weight excluding hydrogens is 231 g/mol. The molecular formula is C14H17FN2O. The lowest BCUT2D eigenvalue weighted by molar-refractivity contribution is 0.278. The first-order valence-electron chi connectivity index (χ1n) is 6.02. The highest BCUT2D eigenvalue weighted by Crippen LogP contribution is 2.19. The molecule has 3 nitrogen and oxygen atoms in total. The van der Waals surface area contributed by atoms with Gasteiger partial charge in [-0.1, -0.05) is 6.07 Å². The lowest BCUT2D eigenvalue weighted by Gasteiger charge is -2.09. The number of aryl methyl sites for hydroxylation is 3. The molecule has 0 aliphatic carbocycles. The first-order chi connectivity index (χ1) is 8.60. The van der Waals surface area contributed by atoms with Crippen LogP contribution in [-0.4, -0.2) is 9.78 Å². The topological polar surface area (TPSA) is 27.1 Å². The summed E-state index contributed by atoms with van der Waals surface area (Å²) in [5, 5.41) is 4.32. The van der Waals surface area contributed by atoms with Crippen molar-refractivity contribution in [2.24, 2.45) is 0 Å². The van der Waals surface area contributed by atoms with Crippen LogP contribution in [0.3, 0.4) is 0 Å². The van der Waals surface area contributed by atoms with Gasteiger partial charge in [0.15, 0.2) is 11.6 Å². The summed E-state index contributed by atoms with van der Waals surface area (Å²) in [4.78, 5) is 0. The number of ether oxygens (including phenoxy) is 1. The quantitative estimate of drug-likeness (QED) is 0.830. The Morgan fingerprint density at radius 3 is 2.78 bits per heavy atom. The van der Waals surface area contributed by atoms with E-state index in [2.05, 4.69) is 5.10 Å². The number of benzene rings is 1. The van der Waals surface area contributed by atoms with Crippen LogP contribution in [0.15, 0.2) is 24.3 Å². The van der Waals surface area contributed by atoms with E-state index < -0.39 is 0 Å². The maximum absolute atomic E-state index is 13.5. The smallest absolute Gasteiger partial charge is 0.165 e. The van der Waals surface area contributed by atoms with Crippen LogP contribution in [0.5, 0.6) is 5.75 Å². The van der Waals surface area contributed by atoms with Crippen molar-refractivity contribution < 1.29 is 9.13 Å². The summed E-state index contributed by atoms with van der Waals surface area (Å²) in [7, 11) is 0. The Kier molecular flexibility index (Phi) is 3.65. The summed E-state index contributed by atoms with van der Waals surface area (Å²) in [5.74, 6) is -0.0450. The highest BCUT2D eigenvalue weighted by Gasteiger charge is 2.07. The largest absolute Gasteiger partial charge is 0.484 e. The average molecular weight is 248 g/mol. The fourth-order valence-corrected chi connectivity index (χ4v) is 1.86. The number of hydrogen-bond acceptors (Lipinski definition) is 2. The zero-order valence-electron chi connectivity index (χ0n) is 10.9. The zero-order valence-corrected chi connectivity index (χ0v) is 10.9. The summed E-state index contributed by atoms with van der Waals surface area (Å²) >= 11 is 0. The maximum atomic E-state index is 13.5. The highest BCUT2D eigenvalue weighted by molar-refractivity contribution is 5.29. The number of halogens is 1. The van der Waals surface area contributed by atoms with Crippen molar-refractivity contribution in [3.63, 3.8) is 0 Å². The molecule has 1 heterocycles. The first-order valence-corrected chi connectivity index (χ1v) is 6.02. The Hall–Kier alpha value is -1.84. The summed E-state index contributed by atoms with van der Waals surface area (Å²) in [6.45, 7) is 6.97. The Morgan fingerprint density at radius 2 is 2.06 bits per heavy atom. The van der Waals surface area contributed by atoms with Crippen LogP contribution in [-0.2, 0) is 13.2 Å². The van der Waals surface area contributed by atoms with Crippen molar-refractivity contribution in [2.45, 2.75) is 33.9 Å². The predicted molar refractivity (Wildman–Crippen MR) is 68.1 cm³/mol. The molecule has 2 rings (SSSR count). The molecule has 0 aliphatic heterocycles. The van der Waals surface area contributed by atoms with E-state index in [9.17, 15) is 4.39 Å². The van der Waals surface area contributed by atoms with E-state index in [0.717, 1.165) is 23.5 Å². The fraction of sp³-hybridized carbons (Fsp3) is 0.357. The molecule has 2 aromatic rings. The van der Waals surface area contributed by atoms with Crippen LogP contribution in [0.4, 0.5) is 4.39 Å². The molecule has 4 heteroatoms.